The van der Waals surface area contributed by atoms with Crippen molar-refractivity contribution < 1.29 is 37.8 Å². The zero-order chi connectivity index (χ0) is 8.97. The molecule has 1 aromatic rings. The van der Waals surface area contributed by atoms with E-state index in [4.69, 9.17) is 0 Å². The Morgan fingerprint density at radius 2 is 1.85 bits per heavy atom. The van der Waals surface area contributed by atoms with Crippen molar-refractivity contribution in [2.75, 3.05) is 0 Å². The maximum absolute atomic E-state index is 9.65. The summed E-state index contributed by atoms with van der Waals surface area (Å²) in [6.45, 7) is 3.75. The fraction of sp³-hybridized carbons (Fsp3) is 0.222. The molecule has 4 heteroatoms. The van der Waals surface area contributed by atoms with E-state index in [9.17, 15) is 5.11 Å². The Hall–Kier alpha value is 0.674. The average molecular weight is 271 g/mol. The summed E-state index contributed by atoms with van der Waals surface area (Å²) in [6, 6.07) is 9.28. The molecule has 0 aliphatic heterocycles. The summed E-state index contributed by atoms with van der Waals surface area (Å²) in [4.78, 5) is 0. The summed E-state index contributed by atoms with van der Waals surface area (Å²) >= 11 is 0. The van der Waals surface area contributed by atoms with Crippen LogP contribution in [-0.4, -0.2) is 11.1 Å². The van der Waals surface area contributed by atoms with Gasteiger partial charge in [-0.25, -0.2) is 0 Å². The minimum absolute atomic E-state index is 0. The molecule has 0 aromatic heterocycles. The van der Waals surface area contributed by atoms with Crippen LogP contribution in [0.4, 0.5) is 0 Å². The molecule has 1 radical (unpaired) electrons. The first kappa shape index (κ1) is 13.7. The van der Waals surface area contributed by atoms with Gasteiger partial charge in [-0.15, -0.1) is 0 Å². The van der Waals surface area contributed by atoms with Crippen LogP contribution >= 0.6 is 9.39 Å². The number of hydrogen-bond acceptors (Lipinski definition) is 2. The molecule has 1 aromatic carbocycles. The van der Waals surface area contributed by atoms with E-state index < -0.39 is 6.10 Å². The third kappa shape index (κ3) is 4.14. The van der Waals surface area contributed by atoms with E-state index in [2.05, 4.69) is 21.4 Å². The van der Waals surface area contributed by atoms with Crippen LogP contribution in [0.5, 0.6) is 0 Å². The quantitative estimate of drug-likeness (QED) is 0.641. The molecule has 13 heavy (non-hydrogen) atoms. The zero-order valence-corrected chi connectivity index (χ0v) is 11.3. The number of hydrogen-bond donors (Lipinski definition) is 2. The van der Waals surface area contributed by atoms with Crippen molar-refractivity contribution in [1.29, 1.82) is 0 Å². The van der Waals surface area contributed by atoms with Crippen LogP contribution in [0.25, 0.3) is 0 Å². The number of nitrogens with one attached hydrogen (secondary N) is 1. The molecule has 0 spiro atoms. The normalized spacial score (nSPS) is 14.4. The smallest absolute Gasteiger partial charge is 0.0668 e. The van der Waals surface area contributed by atoms with Crippen molar-refractivity contribution in [3.63, 3.8) is 0 Å². The van der Waals surface area contributed by atoms with E-state index >= 15 is 0 Å². The summed E-state index contributed by atoms with van der Waals surface area (Å²) in [5.41, 5.74) is 0.882. The van der Waals surface area contributed by atoms with Gasteiger partial charge in [-0.05, 0) is 5.56 Å². The second-order valence-electron chi connectivity index (χ2n) is 2.63. The molecule has 2 nitrogen and oxygen atoms in total. The topological polar surface area (TPSA) is 32.3 Å². The first-order valence-corrected chi connectivity index (χ1v) is 4.35. The van der Waals surface area contributed by atoms with Gasteiger partial charge in [-0.2, -0.15) is 0 Å². The molecule has 0 bridgehead atoms. The van der Waals surface area contributed by atoms with Crippen LogP contribution in [0.2, 0.25) is 0 Å². The van der Waals surface area contributed by atoms with Crippen LogP contribution in [0, 0.1) is 6.92 Å². The monoisotopic (exact) mass is 271 g/mol. The molecular weight excluding hydrogens is 258 g/mol. The van der Waals surface area contributed by atoms with E-state index in [-0.39, 0.29) is 38.8 Å². The van der Waals surface area contributed by atoms with E-state index in [1.807, 2.05) is 30.3 Å². The average Bonchev–Trinajstić information content (AvgIpc) is 2.17. The Labute approximate surface area is 107 Å². The molecule has 0 aliphatic carbocycles. The molecule has 3 atom stereocenters. The Morgan fingerprint density at radius 3 is 2.31 bits per heavy atom. The van der Waals surface area contributed by atoms with Gasteiger partial charge in [0, 0.05) is 32.7 Å². The molecule has 1 rings (SSSR count). The largest absolute Gasteiger partial charge is 0.390 e. The Morgan fingerprint density at radius 1 is 1.31 bits per heavy atom. The molecule has 0 aliphatic rings. The second kappa shape index (κ2) is 7.03. The van der Waals surface area contributed by atoms with Gasteiger partial charge in [0.15, 0.2) is 0 Å². The van der Waals surface area contributed by atoms with Gasteiger partial charge < -0.3 is 17.1 Å². The first-order valence-electron chi connectivity index (χ1n) is 3.78. The van der Waals surface area contributed by atoms with Gasteiger partial charge in [-0.3, -0.25) is 0 Å². The summed E-state index contributed by atoms with van der Waals surface area (Å²) in [6.07, 6.45) is -0.552. The molecule has 0 saturated carbocycles. The van der Waals surface area contributed by atoms with Gasteiger partial charge in [0.25, 0.3) is 0 Å². The van der Waals surface area contributed by atoms with Gasteiger partial charge in [0.05, 0.1) is 6.10 Å². The first-order chi connectivity index (χ1) is 5.75. The summed E-state index contributed by atoms with van der Waals surface area (Å²) in [7, 11) is 2.34. The Bertz CT molecular complexity index is 232. The van der Waals surface area contributed by atoms with Crippen LogP contribution in [0.3, 0.4) is 0 Å². The van der Waals surface area contributed by atoms with E-state index in [1.54, 1.807) is 0 Å². The fourth-order valence-corrected chi connectivity index (χ4v) is 1.16. The molecule has 3 unspecified atom stereocenters. The van der Waals surface area contributed by atoms with Gasteiger partial charge in [0.1, 0.15) is 0 Å². The summed E-state index contributed by atoms with van der Waals surface area (Å²) < 4.78 is 0. The van der Waals surface area contributed by atoms with Crippen LogP contribution in [-0.2, 0) is 32.7 Å². The molecule has 2 N–H and O–H groups in total. The molecule has 0 heterocycles. The van der Waals surface area contributed by atoms with E-state index in [1.165, 1.54) is 0 Å². The second-order valence-corrected chi connectivity index (χ2v) is 2.96. The van der Waals surface area contributed by atoms with Crippen molar-refractivity contribution in [1.82, 2.24) is 5.09 Å². The number of aliphatic hydroxyl groups excluding tert-OH is 1. The van der Waals surface area contributed by atoms with Crippen LogP contribution in [0.1, 0.15) is 11.7 Å². The van der Waals surface area contributed by atoms with E-state index in [0.717, 1.165) is 5.56 Å². The zero-order valence-electron chi connectivity index (χ0n) is 7.35. The molecule has 0 amide bonds. The minimum atomic E-state index is -0.552. The van der Waals surface area contributed by atoms with Crippen molar-refractivity contribution in [2.24, 2.45) is 0 Å². The molecule has 69 valence electrons. The predicted octanol–water partition coefficient (Wildman–Crippen LogP) is 1.30. The maximum Gasteiger partial charge on any atom is 0.0668 e. The maximum atomic E-state index is 9.65. The number of rotatable bonds is 3. The summed E-state index contributed by atoms with van der Waals surface area (Å²) in [5.74, 6) is 0. The van der Waals surface area contributed by atoms with Crippen molar-refractivity contribution in [3.8, 4) is 0 Å². The van der Waals surface area contributed by atoms with Gasteiger partial charge in [0.2, 0.25) is 0 Å². The minimum Gasteiger partial charge on any atom is -0.390 e. The standard InChI is InChI=1S/C9H13NOP.Y/c1-7(10-12)9(11)8-5-3-2-4-6-8;/h2-7,9-11H,1,12H2;/q-1;. The van der Waals surface area contributed by atoms with E-state index in [0.29, 0.717) is 0 Å². The molecular formula is C9H13NOPY-. The summed E-state index contributed by atoms with van der Waals surface area (Å²) in [5, 5.41) is 12.5. The van der Waals surface area contributed by atoms with Crippen LogP contribution in [0.15, 0.2) is 30.3 Å². The number of benzene rings is 1. The van der Waals surface area contributed by atoms with Crippen LogP contribution < -0.4 is 5.09 Å². The molecule has 0 fully saturated rings. The molecule has 0 saturated heterocycles. The predicted molar refractivity (Wildman–Crippen MR) is 53.4 cm³/mol. The Balaban J connectivity index is 0.00000144. The third-order valence-corrected chi connectivity index (χ3v) is 2.16. The SMILES string of the molecule is [CH2-]C(NP)C(O)c1ccccc1.[Y]. The van der Waals surface area contributed by atoms with Crippen molar-refractivity contribution >= 4 is 9.39 Å². The van der Waals surface area contributed by atoms with Gasteiger partial charge in [-0.1, -0.05) is 45.8 Å². The third-order valence-electron chi connectivity index (χ3n) is 1.74. The number of aliphatic hydroxyl groups is 1. The van der Waals surface area contributed by atoms with Crippen molar-refractivity contribution in [2.45, 2.75) is 12.1 Å². The Kier molecular flexibility index (Phi) is 7.39. The van der Waals surface area contributed by atoms with Crippen molar-refractivity contribution in [3.05, 3.63) is 42.8 Å². The fourth-order valence-electron chi connectivity index (χ4n) is 0.974. The van der Waals surface area contributed by atoms with Gasteiger partial charge >= 0.3 is 0 Å².